The lowest BCUT2D eigenvalue weighted by Crippen LogP contribution is -2.23. The van der Waals surface area contributed by atoms with E-state index in [0.29, 0.717) is 0 Å². The topological polar surface area (TPSA) is 83.3 Å². The largest absolute Gasteiger partial charge is 0.545 e. The first-order valence-corrected chi connectivity index (χ1v) is 4.45. The molecule has 0 amide bonds. The van der Waals surface area contributed by atoms with Crippen LogP contribution in [0.3, 0.4) is 0 Å². The zero-order chi connectivity index (χ0) is 10.9. The highest BCUT2D eigenvalue weighted by Gasteiger charge is 2.17. The number of carbonyl (C=O) groups excluding carboxylic acids is 1. The molecular weight excluding hydrogens is 277 g/mol. The first-order chi connectivity index (χ1) is 6.43. The molecule has 14 heavy (non-hydrogen) atoms. The van der Waals surface area contributed by atoms with Gasteiger partial charge in [0.1, 0.15) is 0 Å². The number of carboxylic acids is 1. The average Bonchev–Trinajstić information content (AvgIpc) is 2.08. The molecule has 0 aliphatic carbocycles. The van der Waals surface area contributed by atoms with Crippen LogP contribution in [0.1, 0.15) is 10.4 Å². The molecule has 0 atom stereocenters. The van der Waals surface area contributed by atoms with Crippen LogP contribution >= 0.6 is 27.5 Å². The molecule has 7 heteroatoms. The van der Waals surface area contributed by atoms with Crippen molar-refractivity contribution < 1.29 is 14.8 Å². The predicted octanol–water partition coefficient (Wildman–Crippen LogP) is 1.37. The molecular formula is C7H2BrClNO4-. The summed E-state index contributed by atoms with van der Waals surface area (Å²) in [6.07, 6.45) is 0. The third-order valence-electron chi connectivity index (χ3n) is 1.46. The number of hydrogen-bond donors (Lipinski definition) is 0. The van der Waals surface area contributed by atoms with E-state index in [2.05, 4.69) is 15.9 Å². The summed E-state index contributed by atoms with van der Waals surface area (Å²) in [5, 5.41) is 21.0. The molecule has 0 aromatic heterocycles. The minimum Gasteiger partial charge on any atom is -0.545 e. The summed E-state index contributed by atoms with van der Waals surface area (Å²) in [4.78, 5) is 20.1. The van der Waals surface area contributed by atoms with E-state index in [1.54, 1.807) is 0 Å². The van der Waals surface area contributed by atoms with E-state index in [0.717, 1.165) is 12.1 Å². The third kappa shape index (κ3) is 2.02. The molecule has 1 aromatic rings. The van der Waals surface area contributed by atoms with Crippen molar-refractivity contribution in [2.24, 2.45) is 0 Å². The SMILES string of the molecule is O=C([O-])c1cc(Br)c(Cl)cc1[N+](=O)[O-]. The maximum absolute atomic E-state index is 10.5. The molecule has 0 saturated carbocycles. The lowest BCUT2D eigenvalue weighted by atomic mass is 10.2. The maximum Gasteiger partial charge on any atom is 0.279 e. The van der Waals surface area contributed by atoms with E-state index in [1.165, 1.54) is 0 Å². The van der Waals surface area contributed by atoms with Crippen molar-refractivity contribution >= 4 is 39.2 Å². The molecule has 0 spiro atoms. The van der Waals surface area contributed by atoms with Crippen molar-refractivity contribution in [1.29, 1.82) is 0 Å². The second kappa shape index (κ2) is 3.93. The molecule has 74 valence electrons. The van der Waals surface area contributed by atoms with Gasteiger partial charge in [-0.05, 0) is 22.0 Å². The first kappa shape index (κ1) is 10.9. The van der Waals surface area contributed by atoms with Gasteiger partial charge in [0.25, 0.3) is 5.69 Å². The van der Waals surface area contributed by atoms with E-state index >= 15 is 0 Å². The van der Waals surface area contributed by atoms with Crippen LogP contribution in [0, 0.1) is 10.1 Å². The molecule has 0 bridgehead atoms. The number of rotatable bonds is 2. The second-order valence-electron chi connectivity index (χ2n) is 2.33. The number of halogens is 2. The highest BCUT2D eigenvalue weighted by atomic mass is 79.9. The summed E-state index contributed by atoms with van der Waals surface area (Å²) in [5.74, 6) is -1.62. The van der Waals surface area contributed by atoms with Crippen molar-refractivity contribution in [3.8, 4) is 0 Å². The molecule has 0 radical (unpaired) electrons. The smallest absolute Gasteiger partial charge is 0.279 e. The summed E-state index contributed by atoms with van der Waals surface area (Å²) in [6.45, 7) is 0. The number of carbonyl (C=O) groups is 1. The van der Waals surface area contributed by atoms with Gasteiger partial charge in [-0.3, -0.25) is 10.1 Å². The standard InChI is InChI=1S/C7H3BrClNO4/c8-4-1-3(7(11)12)6(10(13)14)2-5(4)9/h1-2H,(H,11,12)/p-1. The lowest BCUT2D eigenvalue weighted by molar-refractivity contribution is -0.385. The Balaban J connectivity index is 3.46. The number of aromatic carboxylic acids is 1. The average molecular weight is 279 g/mol. The van der Waals surface area contributed by atoms with Crippen LogP contribution in [0.5, 0.6) is 0 Å². The number of hydrogen-bond acceptors (Lipinski definition) is 4. The van der Waals surface area contributed by atoms with Gasteiger partial charge in [0.15, 0.2) is 0 Å². The van der Waals surface area contributed by atoms with Crippen molar-refractivity contribution in [3.05, 3.63) is 37.3 Å². The Labute approximate surface area is 91.6 Å². The number of carboxylic acid groups (broad SMARTS) is 1. The summed E-state index contributed by atoms with van der Waals surface area (Å²) < 4.78 is 0.268. The Morgan fingerprint density at radius 2 is 2.07 bits per heavy atom. The Bertz CT molecular complexity index is 381. The van der Waals surface area contributed by atoms with Crippen molar-refractivity contribution in [3.63, 3.8) is 0 Å². The molecule has 5 nitrogen and oxygen atoms in total. The Kier molecular flexibility index (Phi) is 3.07. The number of benzene rings is 1. The predicted molar refractivity (Wildman–Crippen MR) is 50.1 cm³/mol. The molecule has 0 unspecified atom stereocenters. The van der Waals surface area contributed by atoms with Crippen LogP contribution in [-0.2, 0) is 0 Å². The van der Waals surface area contributed by atoms with E-state index in [9.17, 15) is 20.0 Å². The Hall–Kier alpha value is -1.14. The Morgan fingerprint density at radius 1 is 1.50 bits per heavy atom. The Morgan fingerprint density at radius 3 is 2.50 bits per heavy atom. The molecule has 0 fully saturated rings. The summed E-state index contributed by atoms with van der Waals surface area (Å²) in [7, 11) is 0. The van der Waals surface area contributed by atoms with E-state index < -0.39 is 22.1 Å². The van der Waals surface area contributed by atoms with Crippen LogP contribution in [0.15, 0.2) is 16.6 Å². The van der Waals surface area contributed by atoms with Gasteiger partial charge in [-0.15, -0.1) is 0 Å². The fraction of sp³-hybridized carbons (Fsp3) is 0. The zero-order valence-electron chi connectivity index (χ0n) is 6.49. The van der Waals surface area contributed by atoms with Crippen molar-refractivity contribution in [1.82, 2.24) is 0 Å². The summed E-state index contributed by atoms with van der Waals surface area (Å²) in [5.41, 5.74) is -1.09. The maximum atomic E-state index is 10.5. The molecule has 0 heterocycles. The minimum absolute atomic E-state index is 0.0710. The van der Waals surface area contributed by atoms with Gasteiger partial charge in [0, 0.05) is 10.5 Å². The van der Waals surface area contributed by atoms with E-state index in [4.69, 9.17) is 11.6 Å². The van der Waals surface area contributed by atoms with Crippen LogP contribution in [0.2, 0.25) is 5.02 Å². The fourth-order valence-electron chi connectivity index (χ4n) is 0.851. The highest BCUT2D eigenvalue weighted by molar-refractivity contribution is 9.10. The van der Waals surface area contributed by atoms with Crippen LogP contribution in [-0.4, -0.2) is 10.9 Å². The quantitative estimate of drug-likeness (QED) is 0.604. The lowest BCUT2D eigenvalue weighted by Gasteiger charge is -2.05. The normalized spacial score (nSPS) is 9.86. The van der Waals surface area contributed by atoms with Gasteiger partial charge < -0.3 is 9.90 Å². The van der Waals surface area contributed by atoms with Gasteiger partial charge in [0.05, 0.1) is 21.5 Å². The first-order valence-electron chi connectivity index (χ1n) is 3.28. The second-order valence-corrected chi connectivity index (χ2v) is 3.59. The van der Waals surface area contributed by atoms with Gasteiger partial charge in [0.2, 0.25) is 0 Å². The van der Waals surface area contributed by atoms with Gasteiger partial charge in [-0.25, -0.2) is 0 Å². The monoisotopic (exact) mass is 278 g/mol. The van der Waals surface area contributed by atoms with Crippen LogP contribution in [0.4, 0.5) is 5.69 Å². The minimum atomic E-state index is -1.62. The van der Waals surface area contributed by atoms with E-state index in [1.807, 2.05) is 0 Å². The molecule has 0 aliphatic heterocycles. The molecule has 0 aliphatic rings. The number of nitro benzene ring substituents is 1. The van der Waals surface area contributed by atoms with Gasteiger partial charge >= 0.3 is 0 Å². The zero-order valence-corrected chi connectivity index (χ0v) is 8.83. The molecule has 0 N–H and O–H groups in total. The molecule has 1 aromatic carbocycles. The number of nitro groups is 1. The van der Waals surface area contributed by atoms with E-state index in [-0.39, 0.29) is 9.50 Å². The van der Waals surface area contributed by atoms with Crippen LogP contribution in [0.25, 0.3) is 0 Å². The van der Waals surface area contributed by atoms with Crippen molar-refractivity contribution in [2.45, 2.75) is 0 Å². The molecule has 0 saturated heterocycles. The fourth-order valence-corrected chi connectivity index (χ4v) is 1.35. The van der Waals surface area contributed by atoms with Gasteiger partial charge in [-0.1, -0.05) is 11.6 Å². The summed E-state index contributed by atoms with van der Waals surface area (Å²) in [6, 6.07) is 1.99. The van der Waals surface area contributed by atoms with Gasteiger partial charge in [-0.2, -0.15) is 0 Å². The molecule has 1 rings (SSSR count). The van der Waals surface area contributed by atoms with Crippen molar-refractivity contribution in [2.75, 3.05) is 0 Å². The third-order valence-corrected chi connectivity index (χ3v) is 2.65. The van der Waals surface area contributed by atoms with Crippen LogP contribution < -0.4 is 5.11 Å². The highest BCUT2D eigenvalue weighted by Crippen LogP contribution is 2.30. The number of nitrogens with zero attached hydrogens (tertiary/aromatic N) is 1. The summed E-state index contributed by atoms with van der Waals surface area (Å²) >= 11 is 8.52.